The maximum atomic E-state index is 13.0. The van der Waals surface area contributed by atoms with Crippen molar-refractivity contribution >= 4 is 37.9 Å². The summed E-state index contributed by atoms with van der Waals surface area (Å²) in [7, 11) is -3.33. The van der Waals surface area contributed by atoms with Gasteiger partial charge in [0, 0.05) is 18.2 Å². The summed E-state index contributed by atoms with van der Waals surface area (Å²) >= 11 is 1.24. The monoisotopic (exact) mass is 495 g/mol. The van der Waals surface area contributed by atoms with Crippen LogP contribution in [0.3, 0.4) is 0 Å². The van der Waals surface area contributed by atoms with Gasteiger partial charge in [-0.25, -0.2) is 13.4 Å². The Morgan fingerprint density at radius 2 is 2.06 bits per heavy atom. The molecule has 2 aliphatic rings. The number of aliphatic hydroxyl groups is 1. The number of sulfone groups is 1. The maximum Gasteiger partial charge on any atom is 0.280 e. The number of hydrogen-bond donors (Lipinski definition) is 2. The van der Waals surface area contributed by atoms with Crippen molar-refractivity contribution in [3.63, 3.8) is 0 Å². The summed E-state index contributed by atoms with van der Waals surface area (Å²) in [6, 6.07) is 6.09. The van der Waals surface area contributed by atoms with E-state index in [0.717, 1.165) is 4.88 Å². The summed E-state index contributed by atoms with van der Waals surface area (Å²) in [5.41, 5.74) is 0.426. The molecule has 33 heavy (non-hydrogen) atoms. The number of aliphatic hydroxyl groups excluding tert-OH is 1. The van der Waals surface area contributed by atoms with Gasteiger partial charge in [-0.05, 0) is 25.0 Å². The zero-order valence-corrected chi connectivity index (χ0v) is 19.4. The minimum atomic E-state index is -3.33. The fourth-order valence-electron chi connectivity index (χ4n) is 3.15. The third kappa shape index (κ3) is 6.15. The molecule has 1 aliphatic carbocycles. The van der Waals surface area contributed by atoms with Crippen LogP contribution in [0.15, 0.2) is 40.5 Å². The van der Waals surface area contributed by atoms with Crippen molar-refractivity contribution in [2.24, 2.45) is 5.16 Å². The molecule has 1 atom stereocenters. The topological polar surface area (TPSA) is 136 Å². The molecule has 1 aromatic carbocycles. The van der Waals surface area contributed by atoms with Crippen molar-refractivity contribution in [3.05, 3.63) is 40.9 Å². The summed E-state index contributed by atoms with van der Waals surface area (Å²) in [5.74, 6) is -0.538. The van der Waals surface area contributed by atoms with Crippen LogP contribution in [0, 0.1) is 0 Å². The Labute approximate surface area is 195 Å². The minimum absolute atomic E-state index is 0.00514. The van der Waals surface area contributed by atoms with Gasteiger partial charge < -0.3 is 19.4 Å². The number of ether oxygens (including phenoxy) is 2. The molecule has 1 amide bonds. The van der Waals surface area contributed by atoms with E-state index in [1.807, 2.05) is 0 Å². The van der Waals surface area contributed by atoms with E-state index in [-0.39, 0.29) is 41.8 Å². The summed E-state index contributed by atoms with van der Waals surface area (Å²) in [5, 5.41) is 15.6. The number of oxime groups is 1. The second-order valence-corrected chi connectivity index (χ2v) is 11.0. The molecule has 0 radical (unpaired) electrons. The van der Waals surface area contributed by atoms with Crippen molar-refractivity contribution in [1.82, 2.24) is 4.98 Å². The number of aromatic nitrogens is 1. The Hall–Kier alpha value is -2.38. The molecular formula is C21H25N3O7S2. The van der Waals surface area contributed by atoms with Gasteiger partial charge in [-0.15, -0.1) is 0 Å². The highest BCUT2D eigenvalue weighted by molar-refractivity contribution is 7.92. The molecule has 2 fully saturated rings. The van der Waals surface area contributed by atoms with E-state index in [1.165, 1.54) is 23.5 Å². The van der Waals surface area contributed by atoms with Crippen LogP contribution in [0.25, 0.3) is 0 Å². The third-order valence-corrected chi connectivity index (χ3v) is 8.23. The van der Waals surface area contributed by atoms with Gasteiger partial charge in [0.1, 0.15) is 0 Å². The highest BCUT2D eigenvalue weighted by Gasteiger charge is 2.36. The highest BCUT2D eigenvalue weighted by Crippen LogP contribution is 2.33. The Bertz CT molecular complexity index is 1090. The molecule has 12 heteroatoms. The molecule has 2 N–H and O–H groups in total. The molecule has 4 rings (SSSR count). The molecular weight excluding hydrogens is 470 g/mol. The molecule has 1 saturated carbocycles. The van der Waals surface area contributed by atoms with Crippen LogP contribution in [0.1, 0.15) is 29.7 Å². The van der Waals surface area contributed by atoms with Crippen molar-refractivity contribution in [2.45, 2.75) is 42.1 Å². The number of hydrogen-bond acceptors (Lipinski definition) is 10. The smallest absolute Gasteiger partial charge is 0.280 e. The van der Waals surface area contributed by atoms with Gasteiger partial charge in [0.05, 0.1) is 48.1 Å². The van der Waals surface area contributed by atoms with E-state index >= 15 is 0 Å². The van der Waals surface area contributed by atoms with Gasteiger partial charge >= 0.3 is 0 Å². The maximum absolute atomic E-state index is 13.0. The second-order valence-electron chi connectivity index (χ2n) is 7.66. The number of nitrogens with one attached hydrogen (secondary N) is 1. The summed E-state index contributed by atoms with van der Waals surface area (Å²) < 4.78 is 35.5. The van der Waals surface area contributed by atoms with Crippen molar-refractivity contribution in [2.75, 3.05) is 31.7 Å². The normalized spacial score (nSPS) is 18.9. The van der Waals surface area contributed by atoms with Crippen LogP contribution >= 0.6 is 11.3 Å². The number of benzene rings is 1. The van der Waals surface area contributed by atoms with E-state index < -0.39 is 15.7 Å². The summed E-state index contributed by atoms with van der Waals surface area (Å²) in [6.07, 6.45) is 3.35. The van der Waals surface area contributed by atoms with Crippen LogP contribution < -0.4 is 5.32 Å². The number of nitrogens with zero attached hydrogens (tertiary/aromatic N) is 2. The number of carbonyl (C=O) groups is 1. The predicted molar refractivity (Wildman–Crippen MR) is 121 cm³/mol. The third-order valence-electron chi connectivity index (χ3n) is 5.07. The van der Waals surface area contributed by atoms with Crippen molar-refractivity contribution in [3.8, 4) is 0 Å². The molecule has 0 bridgehead atoms. The van der Waals surface area contributed by atoms with Crippen LogP contribution in [-0.4, -0.2) is 67.9 Å². The van der Waals surface area contributed by atoms with E-state index in [1.54, 1.807) is 18.3 Å². The fraction of sp³-hybridized carbons (Fsp3) is 0.476. The minimum Gasteiger partial charge on any atom is -0.394 e. The molecule has 2 heterocycles. The van der Waals surface area contributed by atoms with Crippen LogP contribution in [0.2, 0.25) is 0 Å². The van der Waals surface area contributed by atoms with Gasteiger partial charge in [-0.1, -0.05) is 28.6 Å². The van der Waals surface area contributed by atoms with Gasteiger partial charge in [-0.3, -0.25) is 10.1 Å². The number of thiazole rings is 1. The Morgan fingerprint density at radius 1 is 1.27 bits per heavy atom. The Morgan fingerprint density at radius 3 is 2.73 bits per heavy atom. The second kappa shape index (κ2) is 10.7. The van der Waals surface area contributed by atoms with E-state index in [2.05, 4.69) is 15.5 Å². The van der Waals surface area contributed by atoms with E-state index in [9.17, 15) is 13.2 Å². The van der Waals surface area contributed by atoms with Gasteiger partial charge in [-0.2, -0.15) is 0 Å². The number of anilines is 1. The van der Waals surface area contributed by atoms with Crippen molar-refractivity contribution in [1.29, 1.82) is 0 Å². The average Bonchev–Trinajstić information content (AvgIpc) is 3.39. The zero-order chi connectivity index (χ0) is 23.3. The largest absolute Gasteiger partial charge is 0.394 e. The first-order chi connectivity index (χ1) is 16.0. The van der Waals surface area contributed by atoms with Crippen LogP contribution in [0.5, 0.6) is 0 Å². The van der Waals surface area contributed by atoms with Gasteiger partial charge in [0.15, 0.2) is 26.8 Å². The molecule has 1 aromatic heterocycles. The SMILES string of the molecule is O=C(Nc1ncc(COCCO)s1)/C(=N/O[C@@H]1CCOC1)c1ccc(S(=O)(=O)C2CC2)cc1. The first-order valence-electron chi connectivity index (χ1n) is 10.6. The molecule has 1 saturated heterocycles. The summed E-state index contributed by atoms with van der Waals surface area (Å²) in [6.45, 7) is 1.37. The lowest BCUT2D eigenvalue weighted by Gasteiger charge is -2.10. The quantitative estimate of drug-likeness (QED) is 0.273. The number of rotatable bonds is 11. The fourth-order valence-corrected chi connectivity index (χ4v) is 5.55. The lowest BCUT2D eigenvalue weighted by molar-refractivity contribution is -0.110. The molecule has 1 aliphatic heterocycles. The Kier molecular flexibility index (Phi) is 7.71. The van der Waals surface area contributed by atoms with E-state index in [0.29, 0.717) is 43.2 Å². The molecule has 0 spiro atoms. The highest BCUT2D eigenvalue weighted by atomic mass is 32.2. The summed E-state index contributed by atoms with van der Waals surface area (Å²) in [4.78, 5) is 23.7. The standard InChI is InChI=1S/C21H25N3O7S2/c25-8-10-30-13-16-11-22-21(32-16)23-20(26)19(24-31-15-7-9-29-12-15)14-1-3-17(4-2-14)33(27,28)18-5-6-18/h1-4,11,15,18,25H,5-10,12-13H2,(H,22,23,26)/b24-19+/t15-/m1/s1. The number of carbonyl (C=O) groups excluding carboxylic acids is 1. The Balaban J connectivity index is 1.50. The first-order valence-corrected chi connectivity index (χ1v) is 12.9. The molecule has 0 unspecified atom stereocenters. The van der Waals surface area contributed by atoms with Crippen LogP contribution in [-0.2, 0) is 35.5 Å². The lowest BCUT2D eigenvalue weighted by Crippen LogP contribution is -2.25. The van der Waals surface area contributed by atoms with Crippen molar-refractivity contribution < 1.29 is 32.6 Å². The first kappa shape index (κ1) is 23.8. The average molecular weight is 496 g/mol. The lowest BCUT2D eigenvalue weighted by atomic mass is 10.1. The van der Waals surface area contributed by atoms with E-state index in [4.69, 9.17) is 19.4 Å². The van der Waals surface area contributed by atoms with Crippen LogP contribution in [0.4, 0.5) is 5.13 Å². The zero-order valence-electron chi connectivity index (χ0n) is 17.8. The molecule has 10 nitrogen and oxygen atoms in total. The number of amides is 1. The van der Waals surface area contributed by atoms with Gasteiger partial charge in [0.2, 0.25) is 0 Å². The predicted octanol–water partition coefficient (Wildman–Crippen LogP) is 1.74. The molecule has 2 aromatic rings. The molecule has 178 valence electrons. The van der Waals surface area contributed by atoms with Gasteiger partial charge in [0.25, 0.3) is 5.91 Å².